The number of nitrogens with one attached hydrogen (secondary N) is 1. The second-order valence-electron chi connectivity index (χ2n) is 2.31. The first-order valence-corrected chi connectivity index (χ1v) is 3.54. The molecule has 3 N–H and O–H groups in total. The van der Waals surface area contributed by atoms with Gasteiger partial charge in [-0.05, 0) is 0 Å². The highest BCUT2D eigenvalue weighted by molar-refractivity contribution is 14.0. The number of halogens is 1. The van der Waals surface area contributed by atoms with Crippen LogP contribution in [0.15, 0.2) is 4.99 Å². The van der Waals surface area contributed by atoms with Crippen molar-refractivity contribution in [3.8, 4) is 0 Å². The van der Waals surface area contributed by atoms with Crippen LogP contribution in [0, 0.1) is 0 Å². The van der Waals surface area contributed by atoms with Crippen molar-refractivity contribution >= 4 is 29.9 Å². The predicted molar refractivity (Wildman–Crippen MR) is 56.4 cm³/mol. The third-order valence-corrected chi connectivity index (χ3v) is 1.46. The Hall–Kier alpha value is -0.0800. The van der Waals surface area contributed by atoms with E-state index in [4.69, 9.17) is 15.3 Å². The molecule has 0 bridgehead atoms. The van der Waals surface area contributed by atoms with E-state index in [1.165, 1.54) is 0 Å². The van der Waals surface area contributed by atoms with E-state index in [0.717, 1.165) is 13.0 Å². The van der Waals surface area contributed by atoms with Crippen LogP contribution in [0.3, 0.4) is 0 Å². The van der Waals surface area contributed by atoms with E-state index in [1.807, 2.05) is 0 Å². The maximum Gasteiger partial charge on any atom is 0.212 e. The Bertz CT molecular complexity index is 148. The summed E-state index contributed by atoms with van der Waals surface area (Å²) in [5.41, 5.74) is 7.85. The number of rotatable bonds is 2. The topological polar surface area (TPSA) is 68.9 Å². The SMILES string of the molecule is CN=C(N)NOC1CCOC1.I. The lowest BCUT2D eigenvalue weighted by Gasteiger charge is -2.09. The Morgan fingerprint density at radius 2 is 2.50 bits per heavy atom. The van der Waals surface area contributed by atoms with Crippen molar-refractivity contribution in [1.82, 2.24) is 5.48 Å². The molecule has 0 amide bonds. The number of nitrogens with two attached hydrogens (primary N) is 1. The molecule has 72 valence electrons. The Kier molecular flexibility index (Phi) is 6.39. The van der Waals surface area contributed by atoms with Gasteiger partial charge in [-0.3, -0.25) is 9.83 Å². The van der Waals surface area contributed by atoms with E-state index in [1.54, 1.807) is 7.05 Å². The third kappa shape index (κ3) is 4.07. The van der Waals surface area contributed by atoms with Gasteiger partial charge in [-0.15, -0.1) is 24.0 Å². The Balaban J connectivity index is 0.00000121. The van der Waals surface area contributed by atoms with Crippen LogP contribution in [-0.2, 0) is 9.57 Å². The second kappa shape index (κ2) is 6.44. The zero-order valence-electron chi connectivity index (χ0n) is 6.95. The average molecular weight is 287 g/mol. The van der Waals surface area contributed by atoms with Crippen molar-refractivity contribution in [2.45, 2.75) is 12.5 Å². The third-order valence-electron chi connectivity index (χ3n) is 1.46. The van der Waals surface area contributed by atoms with Crippen molar-refractivity contribution < 1.29 is 9.57 Å². The molecule has 1 heterocycles. The molecule has 12 heavy (non-hydrogen) atoms. The molecule has 1 rings (SSSR count). The predicted octanol–water partition coefficient (Wildman–Crippen LogP) is -0.141. The Labute approximate surface area is 88.7 Å². The number of hydroxylamine groups is 1. The molecule has 1 unspecified atom stereocenters. The molecule has 0 aromatic heterocycles. The second-order valence-corrected chi connectivity index (χ2v) is 2.31. The van der Waals surface area contributed by atoms with Crippen LogP contribution >= 0.6 is 24.0 Å². The van der Waals surface area contributed by atoms with Crippen molar-refractivity contribution in [2.24, 2.45) is 10.7 Å². The number of aliphatic imine (C=N–C) groups is 1. The van der Waals surface area contributed by atoms with E-state index in [2.05, 4.69) is 10.5 Å². The molecule has 1 aliphatic heterocycles. The van der Waals surface area contributed by atoms with Gasteiger partial charge in [0.05, 0.1) is 6.61 Å². The van der Waals surface area contributed by atoms with Crippen molar-refractivity contribution in [1.29, 1.82) is 0 Å². The molecule has 1 saturated heterocycles. The fourth-order valence-electron chi connectivity index (χ4n) is 0.795. The van der Waals surface area contributed by atoms with Gasteiger partial charge in [-0.2, -0.15) is 0 Å². The molecule has 6 heteroatoms. The van der Waals surface area contributed by atoms with Crippen LogP contribution < -0.4 is 11.2 Å². The van der Waals surface area contributed by atoms with Gasteiger partial charge in [-0.25, -0.2) is 5.48 Å². The minimum atomic E-state index is 0. The standard InChI is InChI=1S/C6H13N3O2.HI/c1-8-6(7)9-11-5-2-3-10-4-5;/h5H,2-4H2,1H3,(H3,7,8,9);1H. The van der Waals surface area contributed by atoms with E-state index in [9.17, 15) is 0 Å². The summed E-state index contributed by atoms with van der Waals surface area (Å²) in [4.78, 5) is 8.79. The van der Waals surface area contributed by atoms with E-state index >= 15 is 0 Å². The molecular weight excluding hydrogens is 273 g/mol. The van der Waals surface area contributed by atoms with Gasteiger partial charge < -0.3 is 10.5 Å². The zero-order chi connectivity index (χ0) is 8.10. The number of nitrogens with zero attached hydrogens (tertiary/aromatic N) is 1. The lowest BCUT2D eigenvalue weighted by Crippen LogP contribution is -2.35. The fourth-order valence-corrected chi connectivity index (χ4v) is 0.795. The summed E-state index contributed by atoms with van der Waals surface area (Å²) in [6.45, 7) is 1.39. The first-order chi connectivity index (χ1) is 5.33. The van der Waals surface area contributed by atoms with E-state index < -0.39 is 0 Å². The van der Waals surface area contributed by atoms with Gasteiger partial charge in [0.1, 0.15) is 6.10 Å². The number of guanidine groups is 1. The Morgan fingerprint density at radius 1 is 1.75 bits per heavy atom. The van der Waals surface area contributed by atoms with E-state index in [-0.39, 0.29) is 36.0 Å². The summed E-state index contributed by atoms with van der Waals surface area (Å²) in [5.74, 6) is 0.289. The minimum Gasteiger partial charge on any atom is -0.379 e. The molecule has 1 atom stereocenters. The van der Waals surface area contributed by atoms with Crippen molar-refractivity contribution in [3.05, 3.63) is 0 Å². The van der Waals surface area contributed by atoms with Crippen LogP contribution in [-0.4, -0.2) is 32.3 Å². The zero-order valence-corrected chi connectivity index (χ0v) is 9.28. The molecule has 1 fully saturated rings. The van der Waals surface area contributed by atoms with Gasteiger partial charge >= 0.3 is 0 Å². The first kappa shape index (κ1) is 11.9. The van der Waals surface area contributed by atoms with Crippen molar-refractivity contribution in [3.63, 3.8) is 0 Å². The number of hydrogen-bond donors (Lipinski definition) is 2. The maximum atomic E-state index is 5.32. The molecule has 0 aromatic rings. The van der Waals surface area contributed by atoms with Crippen LogP contribution in [0.25, 0.3) is 0 Å². The van der Waals surface area contributed by atoms with Gasteiger partial charge in [0.15, 0.2) is 0 Å². The van der Waals surface area contributed by atoms with Gasteiger partial charge in [0.25, 0.3) is 0 Å². The van der Waals surface area contributed by atoms with Crippen LogP contribution in [0.2, 0.25) is 0 Å². The largest absolute Gasteiger partial charge is 0.379 e. The maximum absolute atomic E-state index is 5.32. The highest BCUT2D eigenvalue weighted by atomic mass is 127. The van der Waals surface area contributed by atoms with Crippen LogP contribution in [0.5, 0.6) is 0 Å². The van der Waals surface area contributed by atoms with Crippen LogP contribution in [0.4, 0.5) is 0 Å². The van der Waals surface area contributed by atoms with E-state index in [0.29, 0.717) is 6.61 Å². The van der Waals surface area contributed by atoms with Gasteiger partial charge in [0.2, 0.25) is 5.96 Å². The fraction of sp³-hybridized carbons (Fsp3) is 0.833. The summed E-state index contributed by atoms with van der Waals surface area (Å²) in [5, 5.41) is 0. The van der Waals surface area contributed by atoms with Gasteiger partial charge in [-0.1, -0.05) is 0 Å². The summed E-state index contributed by atoms with van der Waals surface area (Å²) in [7, 11) is 1.59. The quantitative estimate of drug-likeness (QED) is 0.321. The minimum absolute atomic E-state index is 0. The van der Waals surface area contributed by atoms with Crippen LogP contribution in [0.1, 0.15) is 6.42 Å². The van der Waals surface area contributed by atoms with Crippen molar-refractivity contribution in [2.75, 3.05) is 20.3 Å². The summed E-state index contributed by atoms with van der Waals surface area (Å²) in [6.07, 6.45) is 1.01. The Morgan fingerprint density at radius 3 is 3.00 bits per heavy atom. The molecule has 0 aliphatic carbocycles. The monoisotopic (exact) mass is 287 g/mol. The molecule has 0 saturated carbocycles. The molecule has 0 radical (unpaired) electrons. The summed E-state index contributed by atoms with van der Waals surface area (Å²) in [6, 6.07) is 0. The molecular formula is C6H14IN3O2. The molecule has 0 spiro atoms. The normalized spacial score (nSPS) is 23.4. The lowest BCUT2D eigenvalue weighted by atomic mass is 10.3. The summed E-state index contributed by atoms with van der Waals surface area (Å²) >= 11 is 0. The highest BCUT2D eigenvalue weighted by Gasteiger charge is 2.16. The lowest BCUT2D eigenvalue weighted by molar-refractivity contribution is 0.00405. The summed E-state index contributed by atoms with van der Waals surface area (Å²) < 4.78 is 5.08. The highest BCUT2D eigenvalue weighted by Crippen LogP contribution is 2.05. The first-order valence-electron chi connectivity index (χ1n) is 3.54. The average Bonchev–Trinajstić information content (AvgIpc) is 2.52. The number of ether oxygens (including phenoxy) is 1. The van der Waals surface area contributed by atoms with Gasteiger partial charge in [0, 0.05) is 20.1 Å². The molecule has 5 nitrogen and oxygen atoms in total. The number of hydrogen-bond acceptors (Lipinski definition) is 3. The smallest absolute Gasteiger partial charge is 0.212 e. The molecule has 0 aromatic carbocycles. The molecule has 1 aliphatic rings.